The van der Waals surface area contributed by atoms with Crippen LogP contribution in [0, 0.1) is 5.92 Å². The Bertz CT molecular complexity index is 501. The van der Waals surface area contributed by atoms with Gasteiger partial charge in [-0.1, -0.05) is 12.1 Å². The van der Waals surface area contributed by atoms with Gasteiger partial charge in [0.15, 0.2) is 0 Å². The fourth-order valence-corrected chi connectivity index (χ4v) is 2.54. The highest BCUT2D eigenvalue weighted by atomic mass is 16.3. The van der Waals surface area contributed by atoms with Gasteiger partial charge >= 0.3 is 6.03 Å². The minimum Gasteiger partial charge on any atom is -0.393 e. The van der Waals surface area contributed by atoms with E-state index in [1.165, 1.54) is 0 Å². The Morgan fingerprint density at radius 3 is 2.48 bits per heavy atom. The van der Waals surface area contributed by atoms with Crippen LogP contribution in [0.3, 0.4) is 0 Å². The predicted octanol–water partition coefficient (Wildman–Crippen LogP) is 0.746. The van der Waals surface area contributed by atoms with Crippen molar-refractivity contribution in [2.75, 3.05) is 6.54 Å². The molecular formula is C15H21N3O3. The average molecular weight is 291 g/mol. The Morgan fingerprint density at radius 2 is 1.90 bits per heavy atom. The molecule has 1 aromatic rings. The number of nitrogens with two attached hydrogens (primary N) is 1. The summed E-state index contributed by atoms with van der Waals surface area (Å²) in [5, 5.41) is 14.8. The van der Waals surface area contributed by atoms with E-state index in [-0.39, 0.29) is 12.0 Å². The van der Waals surface area contributed by atoms with Gasteiger partial charge in [-0.15, -0.1) is 0 Å². The summed E-state index contributed by atoms with van der Waals surface area (Å²) in [6.07, 6.45) is 2.32. The molecule has 0 aromatic heterocycles. The van der Waals surface area contributed by atoms with Gasteiger partial charge in [-0.3, -0.25) is 4.79 Å². The standard InChI is InChI=1S/C15H21N3O3/c16-15(21)18-8-10-1-4-12(5-2-10)14(20)17-9-11-3-6-13(19)7-11/h1-2,4-5,11,13,19H,3,6-9H2,(H,17,20)(H3,16,18,21). The molecule has 0 saturated heterocycles. The van der Waals surface area contributed by atoms with Gasteiger partial charge in [-0.25, -0.2) is 4.79 Å². The monoisotopic (exact) mass is 291 g/mol. The van der Waals surface area contributed by atoms with E-state index in [9.17, 15) is 14.7 Å². The second kappa shape index (κ2) is 7.08. The van der Waals surface area contributed by atoms with Crippen molar-refractivity contribution in [1.82, 2.24) is 10.6 Å². The van der Waals surface area contributed by atoms with Crippen molar-refractivity contribution >= 4 is 11.9 Å². The van der Waals surface area contributed by atoms with Crippen LogP contribution in [0.15, 0.2) is 24.3 Å². The number of urea groups is 1. The third kappa shape index (κ3) is 4.75. The second-order valence-corrected chi connectivity index (χ2v) is 5.46. The Balaban J connectivity index is 1.80. The van der Waals surface area contributed by atoms with Crippen LogP contribution in [0.2, 0.25) is 0 Å². The van der Waals surface area contributed by atoms with Gasteiger partial charge < -0.3 is 21.5 Å². The molecule has 1 aliphatic rings. The molecule has 6 heteroatoms. The Hall–Kier alpha value is -2.08. The topological polar surface area (TPSA) is 104 Å². The summed E-state index contributed by atoms with van der Waals surface area (Å²) < 4.78 is 0. The first-order valence-electron chi connectivity index (χ1n) is 7.13. The Morgan fingerprint density at radius 1 is 1.19 bits per heavy atom. The van der Waals surface area contributed by atoms with Gasteiger partial charge in [0.05, 0.1) is 6.10 Å². The quantitative estimate of drug-likeness (QED) is 0.643. The van der Waals surface area contributed by atoms with Crippen LogP contribution in [0.4, 0.5) is 4.79 Å². The van der Waals surface area contributed by atoms with Gasteiger partial charge in [0, 0.05) is 18.7 Å². The minimum atomic E-state index is -0.574. The van der Waals surface area contributed by atoms with E-state index >= 15 is 0 Å². The molecule has 0 heterocycles. The summed E-state index contributed by atoms with van der Waals surface area (Å²) in [6, 6.07) is 6.43. The maximum Gasteiger partial charge on any atom is 0.312 e. The lowest BCUT2D eigenvalue weighted by Crippen LogP contribution is -2.29. The van der Waals surface area contributed by atoms with Crippen molar-refractivity contribution in [1.29, 1.82) is 0 Å². The van der Waals surface area contributed by atoms with E-state index in [2.05, 4.69) is 10.6 Å². The van der Waals surface area contributed by atoms with Gasteiger partial charge in [0.2, 0.25) is 0 Å². The van der Waals surface area contributed by atoms with Crippen LogP contribution < -0.4 is 16.4 Å². The van der Waals surface area contributed by atoms with E-state index < -0.39 is 6.03 Å². The molecule has 5 N–H and O–H groups in total. The van der Waals surface area contributed by atoms with Gasteiger partial charge in [-0.05, 0) is 42.9 Å². The number of amides is 3. The molecule has 0 radical (unpaired) electrons. The predicted molar refractivity (Wildman–Crippen MR) is 78.5 cm³/mol. The zero-order valence-corrected chi connectivity index (χ0v) is 11.8. The average Bonchev–Trinajstić information content (AvgIpc) is 2.89. The van der Waals surface area contributed by atoms with Crippen LogP contribution >= 0.6 is 0 Å². The molecule has 6 nitrogen and oxygen atoms in total. The number of aliphatic hydroxyl groups is 1. The molecule has 114 valence electrons. The highest BCUT2D eigenvalue weighted by Gasteiger charge is 2.23. The first-order valence-corrected chi connectivity index (χ1v) is 7.13. The fourth-order valence-electron chi connectivity index (χ4n) is 2.54. The number of nitrogens with one attached hydrogen (secondary N) is 2. The van der Waals surface area contributed by atoms with Gasteiger partial charge in [0.25, 0.3) is 5.91 Å². The highest BCUT2D eigenvalue weighted by Crippen LogP contribution is 2.24. The molecule has 2 unspecified atom stereocenters. The Kier molecular flexibility index (Phi) is 5.16. The number of rotatable bonds is 5. The molecule has 0 spiro atoms. The van der Waals surface area contributed by atoms with Crippen molar-refractivity contribution in [3.05, 3.63) is 35.4 Å². The molecule has 1 aliphatic carbocycles. The van der Waals surface area contributed by atoms with Crippen molar-refractivity contribution in [2.24, 2.45) is 11.7 Å². The minimum absolute atomic E-state index is 0.120. The number of carbonyl (C=O) groups excluding carboxylic acids is 2. The van der Waals surface area contributed by atoms with Crippen LogP contribution in [0.25, 0.3) is 0 Å². The maximum absolute atomic E-state index is 12.0. The second-order valence-electron chi connectivity index (χ2n) is 5.46. The van der Waals surface area contributed by atoms with E-state index in [0.29, 0.717) is 24.6 Å². The van der Waals surface area contributed by atoms with Crippen molar-refractivity contribution in [2.45, 2.75) is 31.9 Å². The largest absolute Gasteiger partial charge is 0.393 e. The van der Waals surface area contributed by atoms with Crippen molar-refractivity contribution < 1.29 is 14.7 Å². The lowest BCUT2D eigenvalue weighted by atomic mass is 10.1. The summed E-state index contributed by atoms with van der Waals surface area (Å²) in [5.41, 5.74) is 6.45. The van der Waals surface area contributed by atoms with Crippen molar-refractivity contribution in [3.8, 4) is 0 Å². The molecule has 1 aromatic carbocycles. The number of carbonyl (C=O) groups is 2. The smallest absolute Gasteiger partial charge is 0.312 e. The molecule has 1 fully saturated rings. The van der Waals surface area contributed by atoms with Crippen LogP contribution in [-0.2, 0) is 6.54 Å². The third-order valence-corrected chi connectivity index (χ3v) is 3.75. The summed E-state index contributed by atoms with van der Waals surface area (Å²) in [6.45, 7) is 0.943. The number of aliphatic hydroxyl groups excluding tert-OH is 1. The highest BCUT2D eigenvalue weighted by molar-refractivity contribution is 5.94. The van der Waals surface area contributed by atoms with Crippen LogP contribution in [0.1, 0.15) is 35.2 Å². The normalized spacial score (nSPS) is 21.0. The van der Waals surface area contributed by atoms with E-state index in [4.69, 9.17) is 5.73 Å². The fraction of sp³-hybridized carbons (Fsp3) is 0.467. The summed E-state index contributed by atoms with van der Waals surface area (Å²) in [5.74, 6) is 0.244. The third-order valence-electron chi connectivity index (χ3n) is 3.75. The first-order chi connectivity index (χ1) is 10.0. The van der Waals surface area contributed by atoms with E-state index in [1.807, 2.05) is 0 Å². The molecule has 2 rings (SSSR count). The summed E-state index contributed by atoms with van der Waals surface area (Å²) in [7, 11) is 0. The van der Waals surface area contributed by atoms with E-state index in [0.717, 1.165) is 24.8 Å². The molecule has 1 saturated carbocycles. The first kappa shape index (κ1) is 15.3. The number of hydrogen-bond donors (Lipinski definition) is 4. The molecule has 3 amide bonds. The van der Waals surface area contributed by atoms with Crippen LogP contribution in [0.5, 0.6) is 0 Å². The molecule has 2 atom stereocenters. The van der Waals surface area contributed by atoms with Gasteiger partial charge in [-0.2, -0.15) is 0 Å². The lowest BCUT2D eigenvalue weighted by molar-refractivity contribution is 0.0945. The Labute approximate surface area is 123 Å². The lowest BCUT2D eigenvalue weighted by Gasteiger charge is -2.11. The molecule has 0 bridgehead atoms. The maximum atomic E-state index is 12.0. The number of primary amides is 1. The van der Waals surface area contributed by atoms with Crippen molar-refractivity contribution in [3.63, 3.8) is 0 Å². The SMILES string of the molecule is NC(=O)NCc1ccc(C(=O)NCC2CCC(O)C2)cc1. The molecule has 21 heavy (non-hydrogen) atoms. The number of benzene rings is 1. The zero-order valence-electron chi connectivity index (χ0n) is 11.8. The van der Waals surface area contributed by atoms with E-state index in [1.54, 1.807) is 24.3 Å². The zero-order chi connectivity index (χ0) is 15.2. The molecular weight excluding hydrogens is 270 g/mol. The van der Waals surface area contributed by atoms with Gasteiger partial charge in [0.1, 0.15) is 0 Å². The summed E-state index contributed by atoms with van der Waals surface area (Å²) >= 11 is 0. The summed E-state index contributed by atoms with van der Waals surface area (Å²) in [4.78, 5) is 22.6. The number of hydrogen-bond acceptors (Lipinski definition) is 3. The van der Waals surface area contributed by atoms with Crippen LogP contribution in [-0.4, -0.2) is 29.7 Å². The molecule has 0 aliphatic heterocycles.